The van der Waals surface area contributed by atoms with Gasteiger partial charge in [0.1, 0.15) is 0 Å². The van der Waals surface area contributed by atoms with Gasteiger partial charge in [0.25, 0.3) is 0 Å². The van der Waals surface area contributed by atoms with Crippen LogP contribution in [-0.4, -0.2) is 34.7 Å². The predicted octanol–water partition coefficient (Wildman–Crippen LogP) is 1.90. The second-order valence-electron chi connectivity index (χ2n) is 4.16. The van der Waals surface area contributed by atoms with Gasteiger partial charge in [-0.2, -0.15) is 0 Å². The Morgan fingerprint density at radius 2 is 1.33 bits per heavy atom. The molecule has 2 aromatic heterocycles. The number of aromatic nitrogens is 2. The molecule has 0 aromatic carbocycles. The molecule has 0 unspecified atom stereocenters. The van der Waals surface area contributed by atoms with Crippen LogP contribution in [0.3, 0.4) is 0 Å². The average molecular weight is 242 g/mol. The monoisotopic (exact) mass is 242 g/mol. The van der Waals surface area contributed by atoms with Crippen LogP contribution in [0.15, 0.2) is 46.6 Å². The molecule has 18 heavy (non-hydrogen) atoms. The van der Waals surface area contributed by atoms with Crippen molar-refractivity contribution < 1.29 is 0 Å². The van der Waals surface area contributed by atoms with Gasteiger partial charge in [-0.1, -0.05) is 0 Å². The SMILES string of the molecule is Cn1cccc1C=NCCN=Cc1cccn1C. The Balaban J connectivity index is 1.77. The summed E-state index contributed by atoms with van der Waals surface area (Å²) in [6.07, 6.45) is 7.79. The normalized spacial score (nSPS) is 11.9. The van der Waals surface area contributed by atoms with E-state index < -0.39 is 0 Å². The maximum absolute atomic E-state index is 4.35. The van der Waals surface area contributed by atoms with Crippen LogP contribution in [0.2, 0.25) is 0 Å². The second-order valence-corrected chi connectivity index (χ2v) is 4.16. The van der Waals surface area contributed by atoms with Gasteiger partial charge >= 0.3 is 0 Å². The minimum absolute atomic E-state index is 0.714. The first-order chi connectivity index (χ1) is 8.77. The Hall–Kier alpha value is -2.10. The van der Waals surface area contributed by atoms with Crippen molar-refractivity contribution >= 4 is 12.4 Å². The first-order valence-electron chi connectivity index (χ1n) is 5.99. The van der Waals surface area contributed by atoms with Crippen molar-refractivity contribution in [1.29, 1.82) is 0 Å². The van der Waals surface area contributed by atoms with Crippen LogP contribution in [-0.2, 0) is 14.1 Å². The molecule has 0 aliphatic heterocycles. The lowest BCUT2D eigenvalue weighted by Gasteiger charge is -1.96. The van der Waals surface area contributed by atoms with Crippen LogP contribution in [0.4, 0.5) is 0 Å². The fraction of sp³-hybridized carbons (Fsp3) is 0.286. The van der Waals surface area contributed by atoms with E-state index in [1.807, 2.05) is 72.3 Å². The molecule has 0 radical (unpaired) electrons. The van der Waals surface area contributed by atoms with Gasteiger partial charge in [-0.15, -0.1) is 0 Å². The van der Waals surface area contributed by atoms with Gasteiger partial charge in [-0.05, 0) is 24.3 Å². The standard InChI is InChI=1S/C14H18N4/c1-17-9-3-5-13(17)11-15-7-8-16-12-14-6-4-10-18(14)2/h3-6,9-12H,7-8H2,1-2H3. The fourth-order valence-electron chi connectivity index (χ4n) is 1.65. The topological polar surface area (TPSA) is 34.6 Å². The third kappa shape index (κ3) is 3.20. The number of aryl methyl sites for hydroxylation is 2. The Morgan fingerprint density at radius 3 is 1.67 bits per heavy atom. The van der Waals surface area contributed by atoms with Crippen molar-refractivity contribution in [1.82, 2.24) is 9.13 Å². The van der Waals surface area contributed by atoms with Crippen LogP contribution >= 0.6 is 0 Å². The van der Waals surface area contributed by atoms with Crippen LogP contribution < -0.4 is 0 Å². The van der Waals surface area contributed by atoms with E-state index in [2.05, 4.69) is 9.98 Å². The summed E-state index contributed by atoms with van der Waals surface area (Å²) in [7, 11) is 4.02. The molecule has 2 rings (SSSR count). The van der Waals surface area contributed by atoms with Gasteiger partial charge in [0.05, 0.1) is 24.5 Å². The summed E-state index contributed by atoms with van der Waals surface area (Å²) in [6, 6.07) is 8.09. The summed E-state index contributed by atoms with van der Waals surface area (Å²) >= 11 is 0. The van der Waals surface area contributed by atoms with Gasteiger partial charge < -0.3 is 9.13 Å². The summed E-state index contributed by atoms with van der Waals surface area (Å²) in [4.78, 5) is 8.70. The zero-order valence-electron chi connectivity index (χ0n) is 10.8. The number of nitrogens with zero attached hydrogens (tertiary/aromatic N) is 4. The van der Waals surface area contributed by atoms with Crippen LogP contribution in [0.25, 0.3) is 0 Å². The van der Waals surface area contributed by atoms with E-state index in [-0.39, 0.29) is 0 Å². The lowest BCUT2D eigenvalue weighted by atomic mass is 10.4. The summed E-state index contributed by atoms with van der Waals surface area (Å²) < 4.78 is 4.08. The van der Waals surface area contributed by atoms with Gasteiger partial charge in [0.2, 0.25) is 0 Å². The molecule has 4 heteroatoms. The van der Waals surface area contributed by atoms with Gasteiger partial charge in [-0.25, -0.2) is 0 Å². The molecule has 0 N–H and O–H groups in total. The van der Waals surface area contributed by atoms with Crippen molar-refractivity contribution in [2.24, 2.45) is 24.1 Å². The Bertz CT molecular complexity index is 495. The van der Waals surface area contributed by atoms with Crippen molar-refractivity contribution in [3.63, 3.8) is 0 Å². The lowest BCUT2D eigenvalue weighted by molar-refractivity contribution is 0.909. The van der Waals surface area contributed by atoms with E-state index in [1.165, 1.54) is 0 Å². The van der Waals surface area contributed by atoms with E-state index in [4.69, 9.17) is 0 Å². The summed E-state index contributed by atoms with van der Waals surface area (Å²) in [5, 5.41) is 0. The smallest absolute Gasteiger partial charge is 0.0586 e. The second kappa shape index (κ2) is 6.00. The van der Waals surface area contributed by atoms with Gasteiger partial charge in [0, 0.05) is 38.9 Å². The zero-order chi connectivity index (χ0) is 12.8. The van der Waals surface area contributed by atoms with E-state index in [1.54, 1.807) is 0 Å². The number of rotatable bonds is 5. The molecular weight excluding hydrogens is 224 g/mol. The van der Waals surface area contributed by atoms with E-state index in [9.17, 15) is 0 Å². The highest BCUT2D eigenvalue weighted by atomic mass is 14.9. The van der Waals surface area contributed by atoms with E-state index >= 15 is 0 Å². The highest BCUT2D eigenvalue weighted by Gasteiger charge is 1.91. The number of aliphatic imine (C=N–C) groups is 2. The molecule has 0 aliphatic carbocycles. The average Bonchev–Trinajstić information content (AvgIpc) is 2.94. The molecule has 2 heterocycles. The fourth-order valence-corrected chi connectivity index (χ4v) is 1.65. The van der Waals surface area contributed by atoms with Gasteiger partial charge in [-0.3, -0.25) is 9.98 Å². The largest absolute Gasteiger partial charge is 0.350 e. The van der Waals surface area contributed by atoms with E-state index in [0.717, 1.165) is 11.4 Å². The Kier molecular flexibility index (Phi) is 4.12. The molecule has 0 fully saturated rings. The molecule has 0 bridgehead atoms. The highest BCUT2D eigenvalue weighted by molar-refractivity contribution is 5.78. The quantitative estimate of drug-likeness (QED) is 0.567. The van der Waals surface area contributed by atoms with Crippen LogP contribution in [0, 0.1) is 0 Å². The minimum Gasteiger partial charge on any atom is -0.350 e. The minimum atomic E-state index is 0.714. The van der Waals surface area contributed by atoms with Crippen LogP contribution in [0.1, 0.15) is 11.4 Å². The summed E-state index contributed by atoms with van der Waals surface area (Å²) in [5.74, 6) is 0. The molecular formula is C14H18N4. The molecule has 0 spiro atoms. The van der Waals surface area contributed by atoms with Gasteiger partial charge in [0.15, 0.2) is 0 Å². The molecule has 94 valence electrons. The lowest BCUT2D eigenvalue weighted by Crippen LogP contribution is -1.96. The molecule has 4 nitrogen and oxygen atoms in total. The molecule has 0 aliphatic rings. The number of hydrogen-bond donors (Lipinski definition) is 0. The summed E-state index contributed by atoms with van der Waals surface area (Å²) in [6.45, 7) is 1.43. The highest BCUT2D eigenvalue weighted by Crippen LogP contribution is 1.96. The van der Waals surface area contributed by atoms with Crippen molar-refractivity contribution in [3.8, 4) is 0 Å². The predicted molar refractivity (Wildman–Crippen MR) is 75.7 cm³/mol. The third-order valence-electron chi connectivity index (χ3n) is 2.77. The van der Waals surface area contributed by atoms with Crippen molar-refractivity contribution in [2.75, 3.05) is 13.1 Å². The maximum Gasteiger partial charge on any atom is 0.0586 e. The molecule has 2 aromatic rings. The molecule has 0 amide bonds. The number of hydrogen-bond acceptors (Lipinski definition) is 2. The van der Waals surface area contributed by atoms with Crippen LogP contribution in [0.5, 0.6) is 0 Å². The van der Waals surface area contributed by atoms with E-state index in [0.29, 0.717) is 13.1 Å². The molecule has 0 atom stereocenters. The molecule has 0 saturated carbocycles. The third-order valence-corrected chi connectivity index (χ3v) is 2.77. The Labute approximate surface area is 107 Å². The van der Waals surface area contributed by atoms with Crippen molar-refractivity contribution in [2.45, 2.75) is 0 Å². The van der Waals surface area contributed by atoms with Crippen molar-refractivity contribution in [3.05, 3.63) is 48.0 Å². The first kappa shape index (κ1) is 12.4. The Morgan fingerprint density at radius 1 is 0.889 bits per heavy atom. The first-order valence-corrected chi connectivity index (χ1v) is 5.99. The maximum atomic E-state index is 4.35. The zero-order valence-corrected chi connectivity index (χ0v) is 10.8. The summed E-state index contributed by atoms with van der Waals surface area (Å²) in [5.41, 5.74) is 2.22. The molecule has 0 saturated heterocycles.